The van der Waals surface area contributed by atoms with E-state index in [0.717, 1.165) is 23.7 Å². The monoisotopic (exact) mass is 226 g/mol. The highest BCUT2D eigenvalue weighted by atomic mass is 14.2. The summed E-state index contributed by atoms with van der Waals surface area (Å²) >= 11 is 0. The van der Waals surface area contributed by atoms with E-state index in [1.54, 1.807) is 0 Å². The van der Waals surface area contributed by atoms with Crippen LogP contribution in [0.5, 0.6) is 0 Å². The van der Waals surface area contributed by atoms with Gasteiger partial charge in [-0.2, -0.15) is 0 Å². The topological polar surface area (TPSA) is 0 Å². The molecular weight excluding hydrogens is 192 g/mol. The predicted octanol–water partition coefficient (Wildman–Crippen LogP) is 5.91. The molecule has 0 amide bonds. The van der Waals surface area contributed by atoms with Gasteiger partial charge in [0.2, 0.25) is 0 Å². The predicted molar refractivity (Wildman–Crippen MR) is 75.7 cm³/mol. The highest BCUT2D eigenvalue weighted by molar-refractivity contribution is 4.68. The SMILES string of the molecule is CCC[C@@H](C)C[C@H](C)[C@@H](C)C[C@H](C)CCC. The Labute approximate surface area is 104 Å². The van der Waals surface area contributed by atoms with Crippen molar-refractivity contribution in [3.63, 3.8) is 0 Å². The van der Waals surface area contributed by atoms with E-state index in [9.17, 15) is 0 Å². The summed E-state index contributed by atoms with van der Waals surface area (Å²) in [6.45, 7) is 14.3. The molecule has 0 unspecified atom stereocenters. The van der Waals surface area contributed by atoms with Crippen LogP contribution in [0.15, 0.2) is 0 Å². The van der Waals surface area contributed by atoms with Crippen LogP contribution in [-0.2, 0) is 0 Å². The summed E-state index contributed by atoms with van der Waals surface area (Å²) in [5, 5.41) is 0. The van der Waals surface area contributed by atoms with Gasteiger partial charge in [-0.25, -0.2) is 0 Å². The molecule has 0 bridgehead atoms. The van der Waals surface area contributed by atoms with Crippen molar-refractivity contribution in [3.8, 4) is 0 Å². The largest absolute Gasteiger partial charge is 0.0654 e. The molecule has 0 saturated carbocycles. The molecule has 0 saturated heterocycles. The van der Waals surface area contributed by atoms with E-state index < -0.39 is 0 Å². The minimum atomic E-state index is 0.904. The number of rotatable bonds is 9. The van der Waals surface area contributed by atoms with Crippen molar-refractivity contribution in [2.24, 2.45) is 23.7 Å². The van der Waals surface area contributed by atoms with Crippen LogP contribution in [0.2, 0.25) is 0 Å². The van der Waals surface area contributed by atoms with E-state index in [1.165, 1.54) is 38.5 Å². The van der Waals surface area contributed by atoms with Gasteiger partial charge in [0.25, 0.3) is 0 Å². The Kier molecular flexibility index (Phi) is 9.07. The van der Waals surface area contributed by atoms with Crippen LogP contribution in [0.4, 0.5) is 0 Å². The van der Waals surface area contributed by atoms with E-state index in [1.807, 2.05) is 0 Å². The maximum atomic E-state index is 2.45. The molecule has 0 heteroatoms. The lowest BCUT2D eigenvalue weighted by Gasteiger charge is -2.25. The lowest BCUT2D eigenvalue weighted by atomic mass is 9.81. The Morgan fingerprint density at radius 2 is 0.938 bits per heavy atom. The molecular formula is C16H34. The third-order valence-corrected chi connectivity index (χ3v) is 4.08. The van der Waals surface area contributed by atoms with Gasteiger partial charge >= 0.3 is 0 Å². The summed E-state index contributed by atoms with van der Waals surface area (Å²) in [5.41, 5.74) is 0. The molecule has 0 nitrogen and oxygen atoms in total. The number of hydrogen-bond acceptors (Lipinski definition) is 0. The number of hydrogen-bond donors (Lipinski definition) is 0. The van der Waals surface area contributed by atoms with Gasteiger partial charge in [-0.1, -0.05) is 67.2 Å². The fraction of sp³-hybridized carbons (Fsp3) is 1.00. The van der Waals surface area contributed by atoms with Crippen molar-refractivity contribution in [2.75, 3.05) is 0 Å². The van der Waals surface area contributed by atoms with E-state index in [0.29, 0.717) is 0 Å². The Morgan fingerprint density at radius 3 is 1.19 bits per heavy atom. The fourth-order valence-electron chi connectivity index (χ4n) is 2.96. The second-order valence-corrected chi connectivity index (χ2v) is 6.21. The zero-order valence-electron chi connectivity index (χ0n) is 12.6. The first kappa shape index (κ1) is 16.0. The average molecular weight is 226 g/mol. The van der Waals surface area contributed by atoms with E-state index in [2.05, 4.69) is 41.5 Å². The summed E-state index contributed by atoms with van der Waals surface area (Å²) in [4.78, 5) is 0. The maximum absolute atomic E-state index is 2.45. The normalized spacial score (nSPS) is 19.1. The second-order valence-electron chi connectivity index (χ2n) is 6.21. The van der Waals surface area contributed by atoms with E-state index in [-0.39, 0.29) is 0 Å². The minimum Gasteiger partial charge on any atom is -0.0654 e. The molecule has 0 aliphatic rings. The van der Waals surface area contributed by atoms with Crippen LogP contribution in [0, 0.1) is 23.7 Å². The Bertz CT molecular complexity index is 132. The lowest BCUT2D eigenvalue weighted by molar-refractivity contribution is 0.258. The van der Waals surface area contributed by atoms with Crippen LogP contribution < -0.4 is 0 Å². The first-order valence-corrected chi connectivity index (χ1v) is 7.51. The van der Waals surface area contributed by atoms with Crippen LogP contribution >= 0.6 is 0 Å². The van der Waals surface area contributed by atoms with Gasteiger partial charge in [0, 0.05) is 0 Å². The maximum Gasteiger partial charge on any atom is -0.0414 e. The zero-order chi connectivity index (χ0) is 12.6. The molecule has 0 aliphatic heterocycles. The smallest absolute Gasteiger partial charge is 0.0414 e. The van der Waals surface area contributed by atoms with Crippen molar-refractivity contribution in [3.05, 3.63) is 0 Å². The standard InChI is InChI=1S/C16H34/c1-7-9-13(3)11-15(5)16(6)12-14(4)10-8-2/h13-16H,7-12H2,1-6H3/t13-,14-,15+,16+/m1/s1. The molecule has 16 heavy (non-hydrogen) atoms. The van der Waals surface area contributed by atoms with Crippen LogP contribution in [0.3, 0.4) is 0 Å². The molecule has 0 aromatic rings. The van der Waals surface area contributed by atoms with E-state index >= 15 is 0 Å². The van der Waals surface area contributed by atoms with Crippen molar-refractivity contribution in [2.45, 2.75) is 80.1 Å². The summed E-state index contributed by atoms with van der Waals surface area (Å²) in [6.07, 6.45) is 8.34. The average Bonchev–Trinajstić information content (AvgIpc) is 2.17. The van der Waals surface area contributed by atoms with E-state index in [4.69, 9.17) is 0 Å². The summed E-state index contributed by atoms with van der Waals surface area (Å²) in [5.74, 6) is 3.65. The Morgan fingerprint density at radius 1 is 0.625 bits per heavy atom. The van der Waals surface area contributed by atoms with Gasteiger partial charge in [-0.05, 0) is 36.5 Å². The molecule has 98 valence electrons. The highest BCUT2D eigenvalue weighted by Gasteiger charge is 2.17. The van der Waals surface area contributed by atoms with Crippen molar-refractivity contribution >= 4 is 0 Å². The highest BCUT2D eigenvalue weighted by Crippen LogP contribution is 2.28. The van der Waals surface area contributed by atoms with Crippen molar-refractivity contribution in [1.82, 2.24) is 0 Å². The lowest BCUT2D eigenvalue weighted by Crippen LogP contribution is -2.14. The Balaban J connectivity index is 3.83. The molecule has 0 radical (unpaired) electrons. The van der Waals surface area contributed by atoms with Crippen molar-refractivity contribution in [1.29, 1.82) is 0 Å². The van der Waals surface area contributed by atoms with Crippen LogP contribution in [-0.4, -0.2) is 0 Å². The summed E-state index contributed by atoms with van der Waals surface area (Å²) in [7, 11) is 0. The first-order chi connectivity index (χ1) is 7.51. The minimum absolute atomic E-state index is 0.904. The molecule has 0 aliphatic carbocycles. The van der Waals surface area contributed by atoms with Gasteiger partial charge in [-0.15, -0.1) is 0 Å². The van der Waals surface area contributed by atoms with Gasteiger partial charge in [0.1, 0.15) is 0 Å². The van der Waals surface area contributed by atoms with Gasteiger partial charge < -0.3 is 0 Å². The van der Waals surface area contributed by atoms with Gasteiger partial charge in [0.05, 0.1) is 0 Å². The fourth-order valence-corrected chi connectivity index (χ4v) is 2.96. The molecule has 0 heterocycles. The molecule has 0 spiro atoms. The molecule has 0 fully saturated rings. The van der Waals surface area contributed by atoms with Crippen LogP contribution in [0.25, 0.3) is 0 Å². The summed E-state index contributed by atoms with van der Waals surface area (Å²) < 4.78 is 0. The molecule has 0 N–H and O–H groups in total. The molecule has 0 rings (SSSR count). The first-order valence-electron chi connectivity index (χ1n) is 7.51. The third kappa shape index (κ3) is 7.30. The van der Waals surface area contributed by atoms with Crippen molar-refractivity contribution < 1.29 is 0 Å². The van der Waals surface area contributed by atoms with Crippen LogP contribution in [0.1, 0.15) is 80.1 Å². The quantitative estimate of drug-likeness (QED) is 0.458. The summed E-state index contributed by atoms with van der Waals surface area (Å²) in [6, 6.07) is 0. The third-order valence-electron chi connectivity index (χ3n) is 4.08. The van der Waals surface area contributed by atoms with Gasteiger partial charge in [0.15, 0.2) is 0 Å². The molecule has 4 atom stereocenters. The second kappa shape index (κ2) is 9.07. The zero-order valence-corrected chi connectivity index (χ0v) is 12.6. The molecule has 0 aromatic carbocycles. The Hall–Kier alpha value is 0. The molecule has 0 aromatic heterocycles. The van der Waals surface area contributed by atoms with Gasteiger partial charge in [-0.3, -0.25) is 0 Å².